The minimum atomic E-state index is -1.11. The van der Waals surface area contributed by atoms with E-state index >= 15 is 0 Å². The Morgan fingerprint density at radius 1 is 1.19 bits per heavy atom. The molecule has 0 saturated heterocycles. The van der Waals surface area contributed by atoms with Crippen molar-refractivity contribution in [3.05, 3.63) is 63.4 Å². The van der Waals surface area contributed by atoms with Crippen LogP contribution < -0.4 is 5.32 Å². The van der Waals surface area contributed by atoms with Crippen LogP contribution in [-0.2, 0) is 0 Å². The molecule has 0 unspecified atom stereocenters. The number of carbonyl (C=O) groups is 2. The first kappa shape index (κ1) is 15.2. The summed E-state index contributed by atoms with van der Waals surface area (Å²) in [4.78, 5) is 23.1. The van der Waals surface area contributed by atoms with Crippen LogP contribution in [0.25, 0.3) is 0 Å². The van der Waals surface area contributed by atoms with E-state index in [2.05, 4.69) is 21.2 Å². The molecule has 0 fully saturated rings. The van der Waals surface area contributed by atoms with Crippen molar-refractivity contribution in [3.8, 4) is 0 Å². The predicted octanol–water partition coefficient (Wildman–Crippen LogP) is 3.85. The summed E-state index contributed by atoms with van der Waals surface area (Å²) < 4.78 is 13.7. The lowest BCUT2D eigenvalue weighted by Crippen LogP contribution is -2.13. The number of carbonyl (C=O) groups excluding carboxylic acids is 1. The summed E-state index contributed by atoms with van der Waals surface area (Å²) in [5.41, 5.74) is 1.15. The van der Waals surface area contributed by atoms with E-state index < -0.39 is 17.7 Å². The van der Waals surface area contributed by atoms with E-state index in [1.54, 1.807) is 19.1 Å². The number of halogens is 2. The largest absolute Gasteiger partial charge is 0.478 e. The normalized spacial score (nSPS) is 10.2. The second-order valence-corrected chi connectivity index (χ2v) is 5.33. The smallest absolute Gasteiger partial charge is 0.336 e. The van der Waals surface area contributed by atoms with Gasteiger partial charge in [0.15, 0.2) is 0 Å². The molecule has 2 aromatic rings. The highest BCUT2D eigenvalue weighted by Gasteiger charge is 2.12. The van der Waals surface area contributed by atoms with Gasteiger partial charge in [-0.2, -0.15) is 0 Å². The van der Waals surface area contributed by atoms with Crippen LogP contribution in [0.2, 0.25) is 0 Å². The molecule has 2 rings (SSSR count). The third-order valence-corrected chi connectivity index (χ3v) is 3.45. The van der Waals surface area contributed by atoms with Crippen molar-refractivity contribution in [1.82, 2.24) is 0 Å². The fraction of sp³-hybridized carbons (Fsp3) is 0.0667. The lowest BCUT2D eigenvalue weighted by Gasteiger charge is -2.08. The summed E-state index contributed by atoms with van der Waals surface area (Å²) in [6, 6.07) is 8.40. The van der Waals surface area contributed by atoms with E-state index in [0.29, 0.717) is 15.7 Å². The summed E-state index contributed by atoms with van der Waals surface area (Å²) in [5.74, 6) is -2.11. The average Bonchev–Trinajstić information content (AvgIpc) is 2.39. The quantitative estimate of drug-likeness (QED) is 0.882. The molecule has 0 aromatic heterocycles. The molecule has 0 bridgehead atoms. The highest BCUT2D eigenvalue weighted by molar-refractivity contribution is 9.10. The van der Waals surface area contributed by atoms with Crippen LogP contribution in [0.1, 0.15) is 26.3 Å². The maximum Gasteiger partial charge on any atom is 0.336 e. The van der Waals surface area contributed by atoms with Gasteiger partial charge < -0.3 is 10.4 Å². The van der Waals surface area contributed by atoms with Crippen LogP contribution in [0.4, 0.5) is 10.1 Å². The Morgan fingerprint density at radius 3 is 2.52 bits per heavy atom. The van der Waals surface area contributed by atoms with Crippen LogP contribution in [-0.4, -0.2) is 17.0 Å². The molecule has 4 nitrogen and oxygen atoms in total. The van der Waals surface area contributed by atoms with Gasteiger partial charge in [-0.3, -0.25) is 4.79 Å². The molecular formula is C15H11BrFNO3. The Kier molecular flexibility index (Phi) is 4.37. The van der Waals surface area contributed by atoms with Gasteiger partial charge in [0, 0.05) is 15.7 Å². The van der Waals surface area contributed by atoms with Gasteiger partial charge in [0.25, 0.3) is 5.91 Å². The number of rotatable bonds is 3. The van der Waals surface area contributed by atoms with Crippen LogP contribution in [0, 0.1) is 12.7 Å². The molecule has 0 radical (unpaired) electrons. The Morgan fingerprint density at radius 2 is 1.90 bits per heavy atom. The molecule has 0 aliphatic carbocycles. The number of hydrogen-bond acceptors (Lipinski definition) is 2. The zero-order valence-corrected chi connectivity index (χ0v) is 12.6. The van der Waals surface area contributed by atoms with E-state index in [4.69, 9.17) is 5.11 Å². The van der Waals surface area contributed by atoms with Gasteiger partial charge in [-0.25, -0.2) is 9.18 Å². The first-order valence-corrected chi connectivity index (χ1v) is 6.77. The number of amides is 1. The van der Waals surface area contributed by atoms with Crippen LogP contribution in [0.15, 0.2) is 40.9 Å². The van der Waals surface area contributed by atoms with Gasteiger partial charge in [0.1, 0.15) is 5.82 Å². The van der Waals surface area contributed by atoms with Crippen molar-refractivity contribution in [2.24, 2.45) is 0 Å². The molecule has 0 aliphatic rings. The van der Waals surface area contributed by atoms with E-state index in [9.17, 15) is 14.0 Å². The maximum absolute atomic E-state index is 13.3. The Balaban J connectivity index is 2.27. The molecule has 1 amide bonds. The van der Waals surface area contributed by atoms with Gasteiger partial charge in [0.05, 0.1) is 5.56 Å². The number of nitrogens with one attached hydrogen (secondary N) is 1. The third-order valence-electron chi connectivity index (χ3n) is 2.76. The second-order valence-electron chi connectivity index (χ2n) is 4.47. The molecule has 108 valence electrons. The monoisotopic (exact) mass is 351 g/mol. The van der Waals surface area contributed by atoms with Gasteiger partial charge in [-0.05, 0) is 64.8 Å². The second kappa shape index (κ2) is 6.05. The van der Waals surface area contributed by atoms with Crippen molar-refractivity contribution in [3.63, 3.8) is 0 Å². The van der Waals surface area contributed by atoms with Crippen LogP contribution >= 0.6 is 15.9 Å². The molecule has 0 aliphatic heterocycles. The van der Waals surface area contributed by atoms with Gasteiger partial charge in [0.2, 0.25) is 0 Å². The summed E-state index contributed by atoms with van der Waals surface area (Å²) >= 11 is 3.12. The summed E-state index contributed by atoms with van der Waals surface area (Å²) in [5, 5.41) is 11.6. The molecule has 6 heteroatoms. The number of benzene rings is 2. The average molecular weight is 352 g/mol. The minimum Gasteiger partial charge on any atom is -0.478 e. The number of anilines is 1. The fourth-order valence-electron chi connectivity index (χ4n) is 1.84. The van der Waals surface area contributed by atoms with Gasteiger partial charge in [-0.1, -0.05) is 0 Å². The zero-order valence-electron chi connectivity index (χ0n) is 11.0. The molecule has 21 heavy (non-hydrogen) atoms. The Hall–Kier alpha value is -2.21. The number of aromatic carboxylic acids is 1. The van der Waals surface area contributed by atoms with Crippen LogP contribution in [0.5, 0.6) is 0 Å². The predicted molar refractivity (Wildman–Crippen MR) is 80.2 cm³/mol. The van der Waals surface area contributed by atoms with E-state index in [1.165, 1.54) is 18.2 Å². The lowest BCUT2D eigenvalue weighted by atomic mass is 10.1. The van der Waals surface area contributed by atoms with Crippen molar-refractivity contribution in [2.45, 2.75) is 6.92 Å². The number of hydrogen-bond donors (Lipinski definition) is 2. The first-order chi connectivity index (χ1) is 9.86. The SMILES string of the molecule is Cc1cc(F)cc(C(=O)Nc2ccc(Br)c(C(=O)O)c2)c1. The van der Waals surface area contributed by atoms with Gasteiger partial charge >= 0.3 is 5.97 Å². The lowest BCUT2D eigenvalue weighted by molar-refractivity contribution is 0.0695. The number of carboxylic acids is 1. The Bertz CT molecular complexity index is 711. The molecular weight excluding hydrogens is 341 g/mol. The zero-order chi connectivity index (χ0) is 15.6. The maximum atomic E-state index is 13.3. The molecule has 0 heterocycles. The Labute approximate surface area is 128 Å². The van der Waals surface area contributed by atoms with E-state index in [1.807, 2.05) is 0 Å². The van der Waals surface area contributed by atoms with Crippen molar-refractivity contribution >= 4 is 33.5 Å². The van der Waals surface area contributed by atoms with Crippen molar-refractivity contribution < 1.29 is 19.1 Å². The standard InChI is InChI=1S/C15H11BrFNO3/c1-8-4-9(6-10(17)5-8)14(19)18-11-2-3-13(16)12(7-11)15(20)21/h2-7H,1H3,(H,18,19)(H,20,21). The topological polar surface area (TPSA) is 66.4 Å². The molecule has 2 aromatic carbocycles. The molecule has 0 spiro atoms. The summed E-state index contributed by atoms with van der Waals surface area (Å²) in [6.45, 7) is 1.68. The third kappa shape index (κ3) is 3.66. The number of aryl methyl sites for hydroxylation is 1. The van der Waals surface area contributed by atoms with Gasteiger partial charge in [-0.15, -0.1) is 0 Å². The summed E-state index contributed by atoms with van der Waals surface area (Å²) in [7, 11) is 0. The van der Waals surface area contributed by atoms with Crippen molar-refractivity contribution in [1.29, 1.82) is 0 Å². The highest BCUT2D eigenvalue weighted by atomic mass is 79.9. The van der Waals surface area contributed by atoms with Crippen LogP contribution in [0.3, 0.4) is 0 Å². The highest BCUT2D eigenvalue weighted by Crippen LogP contribution is 2.22. The van der Waals surface area contributed by atoms with Crippen molar-refractivity contribution in [2.75, 3.05) is 5.32 Å². The molecule has 0 saturated carbocycles. The fourth-order valence-corrected chi connectivity index (χ4v) is 2.25. The summed E-state index contributed by atoms with van der Waals surface area (Å²) in [6.07, 6.45) is 0. The number of carboxylic acid groups (broad SMARTS) is 1. The molecule has 0 atom stereocenters. The van der Waals surface area contributed by atoms with E-state index in [-0.39, 0.29) is 11.1 Å². The van der Waals surface area contributed by atoms with E-state index in [0.717, 1.165) is 6.07 Å². The first-order valence-electron chi connectivity index (χ1n) is 5.98. The minimum absolute atomic E-state index is 0.0308. The molecule has 2 N–H and O–H groups in total.